The summed E-state index contributed by atoms with van der Waals surface area (Å²) < 4.78 is 24.6. The molecule has 3 N–H and O–H groups in total. The molecular formula is C8H16N2O4S. The molecule has 7 heteroatoms. The highest BCUT2D eigenvalue weighted by Gasteiger charge is 2.18. The van der Waals surface area contributed by atoms with Crippen LogP contribution in [-0.4, -0.2) is 44.4 Å². The number of carbonyl (C=O) groups is 1. The maximum atomic E-state index is 11.2. The summed E-state index contributed by atoms with van der Waals surface area (Å²) in [7, 11) is -3.67. The normalized spacial score (nSPS) is 22.5. The lowest BCUT2D eigenvalue weighted by atomic mass is 10.1. The molecule has 1 fully saturated rings. The molecule has 1 saturated heterocycles. The maximum absolute atomic E-state index is 11.2. The van der Waals surface area contributed by atoms with Gasteiger partial charge >= 0.3 is 5.97 Å². The van der Waals surface area contributed by atoms with E-state index in [9.17, 15) is 13.2 Å². The lowest BCUT2D eigenvalue weighted by Crippen LogP contribution is -2.44. The van der Waals surface area contributed by atoms with Crippen LogP contribution in [0.3, 0.4) is 0 Å². The van der Waals surface area contributed by atoms with E-state index in [4.69, 9.17) is 5.11 Å². The fraction of sp³-hybridized carbons (Fsp3) is 0.875. The van der Waals surface area contributed by atoms with Crippen molar-refractivity contribution in [2.45, 2.75) is 25.3 Å². The number of carboxylic acids is 1. The van der Waals surface area contributed by atoms with E-state index < -0.39 is 21.7 Å². The van der Waals surface area contributed by atoms with Crippen molar-refractivity contribution in [2.24, 2.45) is 0 Å². The van der Waals surface area contributed by atoms with Gasteiger partial charge in [0.05, 0.1) is 0 Å². The van der Waals surface area contributed by atoms with E-state index in [0.29, 0.717) is 0 Å². The Morgan fingerprint density at radius 1 is 1.47 bits per heavy atom. The monoisotopic (exact) mass is 236 g/mol. The van der Waals surface area contributed by atoms with Crippen molar-refractivity contribution in [3.8, 4) is 0 Å². The zero-order valence-corrected chi connectivity index (χ0v) is 9.22. The highest BCUT2D eigenvalue weighted by Crippen LogP contribution is 2.05. The number of carboxylic acid groups (broad SMARTS) is 1. The zero-order valence-electron chi connectivity index (χ0n) is 8.40. The van der Waals surface area contributed by atoms with Gasteiger partial charge in [0.25, 0.3) is 0 Å². The first-order valence-electron chi connectivity index (χ1n) is 4.92. The Kier molecular flexibility index (Phi) is 4.49. The first-order valence-corrected chi connectivity index (χ1v) is 6.57. The lowest BCUT2D eigenvalue weighted by Gasteiger charge is -2.23. The van der Waals surface area contributed by atoms with Gasteiger partial charge in [-0.1, -0.05) is 6.42 Å². The smallest absolute Gasteiger partial charge is 0.320 e. The van der Waals surface area contributed by atoms with Crippen molar-refractivity contribution in [3.63, 3.8) is 0 Å². The second-order valence-electron chi connectivity index (χ2n) is 3.65. The van der Waals surface area contributed by atoms with E-state index >= 15 is 0 Å². The van der Waals surface area contributed by atoms with Crippen LogP contribution < -0.4 is 10.0 Å². The van der Waals surface area contributed by atoms with Gasteiger partial charge in [-0.2, -0.15) is 0 Å². The Bertz CT molecular complexity index is 309. The molecule has 6 nitrogen and oxygen atoms in total. The van der Waals surface area contributed by atoms with Crippen molar-refractivity contribution in [3.05, 3.63) is 0 Å². The molecule has 0 aromatic rings. The topological polar surface area (TPSA) is 95.5 Å². The minimum atomic E-state index is -3.67. The summed E-state index contributed by atoms with van der Waals surface area (Å²) >= 11 is 0. The second-order valence-corrected chi connectivity index (χ2v) is 5.45. The van der Waals surface area contributed by atoms with Crippen molar-refractivity contribution < 1.29 is 18.3 Å². The van der Waals surface area contributed by atoms with Gasteiger partial charge in [0.2, 0.25) is 10.0 Å². The molecule has 15 heavy (non-hydrogen) atoms. The minimum Gasteiger partial charge on any atom is -0.480 e. The fourth-order valence-corrected chi connectivity index (χ4v) is 2.42. The molecule has 1 rings (SSSR count). The van der Waals surface area contributed by atoms with E-state index in [0.717, 1.165) is 25.8 Å². The van der Waals surface area contributed by atoms with Crippen molar-refractivity contribution in [2.75, 3.05) is 18.8 Å². The van der Waals surface area contributed by atoms with Gasteiger partial charge in [-0.15, -0.1) is 0 Å². The van der Waals surface area contributed by atoms with Crippen LogP contribution in [0.15, 0.2) is 0 Å². The lowest BCUT2D eigenvalue weighted by molar-refractivity contribution is -0.134. The van der Waals surface area contributed by atoms with E-state index in [1.807, 2.05) is 0 Å². The molecule has 0 saturated carbocycles. The van der Waals surface area contributed by atoms with Gasteiger partial charge in [-0.05, 0) is 19.4 Å². The number of rotatable bonds is 5. The summed E-state index contributed by atoms with van der Waals surface area (Å²) in [6, 6.07) is 0.127. The van der Waals surface area contributed by atoms with Gasteiger partial charge in [0.1, 0.15) is 0 Å². The van der Waals surface area contributed by atoms with Gasteiger partial charge in [-0.3, -0.25) is 4.79 Å². The van der Waals surface area contributed by atoms with Crippen LogP contribution in [-0.2, 0) is 14.8 Å². The van der Waals surface area contributed by atoms with Crippen LogP contribution in [0.2, 0.25) is 0 Å². The summed E-state index contributed by atoms with van der Waals surface area (Å²) in [5, 5.41) is 11.5. The third-order valence-electron chi connectivity index (χ3n) is 2.28. The number of sulfonamides is 1. The quantitative estimate of drug-likeness (QED) is 0.577. The largest absolute Gasteiger partial charge is 0.480 e. The van der Waals surface area contributed by atoms with Crippen molar-refractivity contribution in [1.29, 1.82) is 0 Å². The van der Waals surface area contributed by atoms with Gasteiger partial charge in [-0.25, -0.2) is 13.1 Å². The number of piperidine rings is 1. The molecule has 1 heterocycles. The van der Waals surface area contributed by atoms with Crippen LogP contribution in [0.1, 0.15) is 19.3 Å². The fourth-order valence-electron chi connectivity index (χ4n) is 1.54. The standard InChI is InChI=1S/C8H16N2O4S/c11-8(12)6-15(13,14)10-5-7-3-1-2-4-9-7/h7,9-10H,1-6H2,(H,11,12). The SMILES string of the molecule is O=C(O)CS(=O)(=O)NCC1CCCCN1. The molecule has 1 aliphatic rings. The van der Waals surface area contributed by atoms with E-state index in [1.54, 1.807) is 0 Å². The van der Waals surface area contributed by atoms with Crippen LogP contribution in [0, 0.1) is 0 Å². The molecule has 0 spiro atoms. The number of hydrogen-bond acceptors (Lipinski definition) is 4. The molecule has 0 radical (unpaired) electrons. The third-order valence-corrected chi connectivity index (χ3v) is 3.51. The summed E-state index contributed by atoms with van der Waals surface area (Å²) in [5.41, 5.74) is 0. The molecule has 0 amide bonds. The number of nitrogens with one attached hydrogen (secondary N) is 2. The van der Waals surface area contributed by atoms with E-state index in [2.05, 4.69) is 10.0 Å². The molecule has 1 atom stereocenters. The average Bonchev–Trinajstić information content (AvgIpc) is 2.15. The highest BCUT2D eigenvalue weighted by atomic mass is 32.2. The third kappa shape index (κ3) is 5.10. The Hall–Kier alpha value is -0.660. The second kappa shape index (κ2) is 5.43. The molecule has 1 aliphatic heterocycles. The van der Waals surface area contributed by atoms with Crippen LogP contribution in [0.4, 0.5) is 0 Å². The van der Waals surface area contributed by atoms with Gasteiger partial charge < -0.3 is 10.4 Å². The van der Waals surface area contributed by atoms with Crippen molar-refractivity contribution in [1.82, 2.24) is 10.0 Å². The van der Waals surface area contributed by atoms with Crippen LogP contribution >= 0.6 is 0 Å². The zero-order chi connectivity index (χ0) is 11.3. The Morgan fingerprint density at radius 2 is 2.20 bits per heavy atom. The number of aliphatic carboxylic acids is 1. The van der Waals surface area contributed by atoms with Gasteiger partial charge in [0.15, 0.2) is 5.75 Å². The van der Waals surface area contributed by atoms with Gasteiger partial charge in [0, 0.05) is 12.6 Å². The Balaban J connectivity index is 2.31. The average molecular weight is 236 g/mol. The van der Waals surface area contributed by atoms with Crippen LogP contribution in [0.5, 0.6) is 0 Å². The van der Waals surface area contributed by atoms with Crippen molar-refractivity contribution >= 4 is 16.0 Å². The molecule has 0 aromatic heterocycles. The number of hydrogen-bond donors (Lipinski definition) is 3. The highest BCUT2D eigenvalue weighted by molar-refractivity contribution is 7.90. The van der Waals surface area contributed by atoms with E-state index in [-0.39, 0.29) is 12.6 Å². The predicted molar refractivity (Wildman–Crippen MR) is 55.1 cm³/mol. The molecule has 1 unspecified atom stereocenters. The molecular weight excluding hydrogens is 220 g/mol. The predicted octanol–water partition coefficient (Wildman–Crippen LogP) is -0.867. The summed E-state index contributed by atoms with van der Waals surface area (Å²) in [6.07, 6.45) is 3.12. The first kappa shape index (κ1) is 12.4. The molecule has 0 aliphatic carbocycles. The van der Waals surface area contributed by atoms with E-state index in [1.165, 1.54) is 0 Å². The first-order chi connectivity index (χ1) is 6.99. The maximum Gasteiger partial charge on any atom is 0.320 e. The minimum absolute atomic E-state index is 0.127. The summed E-state index contributed by atoms with van der Waals surface area (Å²) in [4.78, 5) is 10.2. The molecule has 0 aromatic carbocycles. The molecule has 88 valence electrons. The van der Waals surface area contributed by atoms with Crippen LogP contribution in [0.25, 0.3) is 0 Å². The Labute approximate surface area is 89.1 Å². The summed E-state index contributed by atoms with van der Waals surface area (Å²) in [6.45, 7) is 1.17. The molecule has 0 bridgehead atoms. The summed E-state index contributed by atoms with van der Waals surface area (Å²) in [5.74, 6) is -2.20. The Morgan fingerprint density at radius 3 is 2.73 bits per heavy atom.